The summed E-state index contributed by atoms with van der Waals surface area (Å²) in [5.41, 5.74) is 5.13. The van der Waals surface area contributed by atoms with E-state index in [4.69, 9.17) is 5.73 Å². The van der Waals surface area contributed by atoms with Gasteiger partial charge in [0, 0.05) is 56.0 Å². The van der Waals surface area contributed by atoms with Crippen LogP contribution in [0.15, 0.2) is 48.9 Å². The van der Waals surface area contributed by atoms with E-state index in [-0.39, 0.29) is 11.8 Å². The zero-order valence-electron chi connectivity index (χ0n) is 16.8. The van der Waals surface area contributed by atoms with Gasteiger partial charge in [-0.3, -0.25) is 4.79 Å². The topological polar surface area (TPSA) is 113 Å². The molecule has 0 bridgehead atoms. The molecule has 12 heteroatoms. The fourth-order valence-electron chi connectivity index (χ4n) is 3.29. The van der Waals surface area contributed by atoms with Crippen LogP contribution in [0.1, 0.15) is 15.9 Å². The molecular formula is C20H19F3N8O. The van der Waals surface area contributed by atoms with E-state index < -0.39 is 17.6 Å². The molecule has 0 aliphatic carbocycles. The van der Waals surface area contributed by atoms with Crippen molar-refractivity contribution >= 4 is 29.3 Å². The van der Waals surface area contributed by atoms with E-state index in [1.165, 1.54) is 12.1 Å². The Morgan fingerprint density at radius 3 is 2.19 bits per heavy atom. The third-order valence-corrected chi connectivity index (χ3v) is 4.91. The number of carbonyl (C=O) groups is 1. The fourth-order valence-corrected chi connectivity index (χ4v) is 3.29. The number of rotatable bonds is 5. The van der Waals surface area contributed by atoms with Crippen LogP contribution in [0.3, 0.4) is 0 Å². The molecule has 0 radical (unpaired) electrons. The standard InChI is InChI=1S/C20H19F3N8O/c21-20(22,23)15-12-27-18(28-14-4-2-13(3-5-14)16(24)32)29-17(15)30-8-10-31(11-9-30)19-25-6-1-7-26-19/h1-7,12H,8-11H2,(H2,24,32)(H,27,28,29). The number of nitrogens with one attached hydrogen (secondary N) is 1. The Kier molecular flexibility index (Phi) is 5.75. The van der Waals surface area contributed by atoms with Crippen LogP contribution in [0.2, 0.25) is 0 Å². The summed E-state index contributed by atoms with van der Waals surface area (Å²) in [7, 11) is 0. The number of aromatic nitrogens is 4. The number of piperazine rings is 1. The predicted octanol–water partition coefficient (Wildman–Crippen LogP) is 2.45. The van der Waals surface area contributed by atoms with Gasteiger partial charge in [-0.05, 0) is 30.3 Å². The summed E-state index contributed by atoms with van der Waals surface area (Å²) in [6.45, 7) is 1.52. The lowest BCUT2D eigenvalue weighted by molar-refractivity contribution is -0.137. The lowest BCUT2D eigenvalue weighted by Crippen LogP contribution is -2.48. The van der Waals surface area contributed by atoms with Gasteiger partial charge in [0.2, 0.25) is 17.8 Å². The summed E-state index contributed by atoms with van der Waals surface area (Å²) in [5, 5.41) is 2.86. The summed E-state index contributed by atoms with van der Waals surface area (Å²) in [6.07, 6.45) is -0.588. The molecule has 3 N–H and O–H groups in total. The quantitative estimate of drug-likeness (QED) is 0.617. The maximum absolute atomic E-state index is 13.6. The molecule has 3 aromatic rings. The molecule has 1 aliphatic heterocycles. The summed E-state index contributed by atoms with van der Waals surface area (Å²) in [4.78, 5) is 31.0. The second-order valence-corrected chi connectivity index (χ2v) is 7.02. The van der Waals surface area contributed by atoms with Gasteiger partial charge in [0.05, 0.1) is 0 Å². The predicted molar refractivity (Wildman–Crippen MR) is 112 cm³/mol. The van der Waals surface area contributed by atoms with Crippen LogP contribution >= 0.6 is 0 Å². The van der Waals surface area contributed by atoms with Crippen LogP contribution in [0.5, 0.6) is 0 Å². The normalized spacial score (nSPS) is 14.3. The Morgan fingerprint density at radius 2 is 1.59 bits per heavy atom. The number of carbonyl (C=O) groups excluding carboxylic acids is 1. The number of anilines is 4. The Labute approximate surface area is 181 Å². The maximum Gasteiger partial charge on any atom is 0.421 e. The monoisotopic (exact) mass is 444 g/mol. The van der Waals surface area contributed by atoms with Gasteiger partial charge in [-0.1, -0.05) is 0 Å². The highest BCUT2D eigenvalue weighted by atomic mass is 19.4. The molecule has 0 atom stereocenters. The Hall–Kier alpha value is -3.96. The van der Waals surface area contributed by atoms with Crippen molar-refractivity contribution in [3.05, 3.63) is 60.0 Å². The first-order chi connectivity index (χ1) is 15.3. The number of halogens is 3. The lowest BCUT2D eigenvalue weighted by Gasteiger charge is -2.36. The third kappa shape index (κ3) is 4.68. The number of amides is 1. The van der Waals surface area contributed by atoms with E-state index in [1.807, 2.05) is 4.90 Å². The van der Waals surface area contributed by atoms with Crippen molar-refractivity contribution in [1.29, 1.82) is 0 Å². The molecule has 9 nitrogen and oxygen atoms in total. The van der Waals surface area contributed by atoms with Crippen molar-refractivity contribution in [2.75, 3.05) is 41.3 Å². The van der Waals surface area contributed by atoms with Crippen LogP contribution < -0.4 is 20.9 Å². The average Bonchev–Trinajstić information content (AvgIpc) is 2.79. The average molecular weight is 444 g/mol. The van der Waals surface area contributed by atoms with Crippen LogP contribution in [-0.4, -0.2) is 52.0 Å². The van der Waals surface area contributed by atoms with Crippen molar-refractivity contribution in [2.45, 2.75) is 6.18 Å². The third-order valence-electron chi connectivity index (χ3n) is 4.91. The Morgan fingerprint density at radius 1 is 0.969 bits per heavy atom. The molecule has 166 valence electrons. The molecule has 1 aromatic carbocycles. The molecule has 0 saturated carbocycles. The molecular weight excluding hydrogens is 425 g/mol. The summed E-state index contributed by atoms with van der Waals surface area (Å²) in [6, 6.07) is 7.84. The van der Waals surface area contributed by atoms with E-state index in [0.29, 0.717) is 43.4 Å². The fraction of sp³-hybridized carbons (Fsp3) is 0.250. The molecule has 1 fully saturated rings. The van der Waals surface area contributed by atoms with Gasteiger partial charge < -0.3 is 20.9 Å². The van der Waals surface area contributed by atoms with Crippen LogP contribution in [0, 0.1) is 0 Å². The van der Waals surface area contributed by atoms with Crippen molar-refractivity contribution in [2.24, 2.45) is 5.73 Å². The van der Waals surface area contributed by atoms with E-state index in [9.17, 15) is 18.0 Å². The van der Waals surface area contributed by atoms with Gasteiger partial charge in [0.1, 0.15) is 11.4 Å². The highest BCUT2D eigenvalue weighted by Gasteiger charge is 2.37. The number of alkyl halides is 3. The Bertz CT molecular complexity index is 1080. The van der Waals surface area contributed by atoms with Crippen molar-refractivity contribution in [1.82, 2.24) is 19.9 Å². The first kappa shape index (κ1) is 21.3. The first-order valence-electron chi connectivity index (χ1n) is 9.69. The van der Waals surface area contributed by atoms with Gasteiger partial charge in [-0.2, -0.15) is 18.2 Å². The largest absolute Gasteiger partial charge is 0.421 e. The zero-order valence-corrected chi connectivity index (χ0v) is 16.8. The molecule has 1 saturated heterocycles. The Balaban J connectivity index is 1.55. The van der Waals surface area contributed by atoms with Gasteiger partial charge in [-0.25, -0.2) is 15.0 Å². The number of hydrogen-bond acceptors (Lipinski definition) is 8. The van der Waals surface area contributed by atoms with E-state index >= 15 is 0 Å². The highest BCUT2D eigenvalue weighted by Crippen LogP contribution is 2.36. The number of primary amides is 1. The lowest BCUT2D eigenvalue weighted by atomic mass is 10.2. The highest BCUT2D eigenvalue weighted by molar-refractivity contribution is 5.93. The molecule has 1 aliphatic rings. The first-order valence-corrected chi connectivity index (χ1v) is 9.69. The number of hydrogen-bond donors (Lipinski definition) is 2. The van der Waals surface area contributed by atoms with E-state index in [0.717, 1.165) is 6.20 Å². The minimum atomic E-state index is -4.60. The molecule has 4 rings (SSSR count). The van der Waals surface area contributed by atoms with E-state index in [2.05, 4.69) is 25.3 Å². The van der Waals surface area contributed by atoms with Gasteiger partial charge >= 0.3 is 6.18 Å². The van der Waals surface area contributed by atoms with Gasteiger partial charge in [-0.15, -0.1) is 0 Å². The number of nitrogens with two attached hydrogens (primary N) is 1. The molecule has 1 amide bonds. The van der Waals surface area contributed by atoms with Crippen molar-refractivity contribution in [3.63, 3.8) is 0 Å². The molecule has 0 spiro atoms. The molecule has 32 heavy (non-hydrogen) atoms. The van der Waals surface area contributed by atoms with Crippen LogP contribution in [0.4, 0.5) is 36.6 Å². The smallest absolute Gasteiger partial charge is 0.366 e. The van der Waals surface area contributed by atoms with Gasteiger partial charge in [0.15, 0.2) is 0 Å². The maximum atomic E-state index is 13.6. The van der Waals surface area contributed by atoms with Crippen molar-refractivity contribution in [3.8, 4) is 0 Å². The second-order valence-electron chi connectivity index (χ2n) is 7.02. The van der Waals surface area contributed by atoms with Crippen LogP contribution in [0.25, 0.3) is 0 Å². The SMILES string of the molecule is NC(=O)c1ccc(Nc2ncc(C(F)(F)F)c(N3CCN(c4ncccn4)CC3)n2)cc1. The zero-order chi connectivity index (χ0) is 22.7. The summed E-state index contributed by atoms with van der Waals surface area (Å²) < 4.78 is 40.9. The van der Waals surface area contributed by atoms with Crippen LogP contribution in [-0.2, 0) is 6.18 Å². The summed E-state index contributed by atoms with van der Waals surface area (Å²) >= 11 is 0. The van der Waals surface area contributed by atoms with Gasteiger partial charge in [0.25, 0.3) is 0 Å². The molecule has 3 heterocycles. The molecule has 0 unspecified atom stereocenters. The minimum Gasteiger partial charge on any atom is -0.366 e. The summed E-state index contributed by atoms with van der Waals surface area (Å²) in [5.74, 6) is -0.233. The number of benzene rings is 1. The second kappa shape index (κ2) is 8.65. The number of nitrogens with zero attached hydrogens (tertiary/aromatic N) is 6. The minimum absolute atomic E-state index is 0.00801. The van der Waals surface area contributed by atoms with E-state index in [1.54, 1.807) is 35.5 Å². The van der Waals surface area contributed by atoms with Crippen molar-refractivity contribution < 1.29 is 18.0 Å². The molecule has 2 aromatic heterocycles.